The first-order chi connectivity index (χ1) is 12.9. The van der Waals surface area contributed by atoms with Gasteiger partial charge in [-0.05, 0) is 36.4 Å². The average Bonchev–Trinajstić information content (AvgIpc) is 2.67. The molecule has 0 saturated heterocycles. The molecule has 0 aliphatic carbocycles. The van der Waals surface area contributed by atoms with E-state index in [9.17, 15) is 18.0 Å². The molecule has 8 heteroatoms. The molecule has 0 N–H and O–H groups in total. The van der Waals surface area contributed by atoms with E-state index in [-0.39, 0.29) is 17.0 Å². The largest absolute Gasteiger partial charge is 0.439 e. The molecule has 27 heavy (non-hydrogen) atoms. The zero-order chi connectivity index (χ0) is 19.3. The number of anilines is 1. The highest BCUT2D eigenvalue weighted by atomic mass is 19.4. The van der Waals surface area contributed by atoms with Crippen LogP contribution >= 0.6 is 0 Å². The highest BCUT2D eigenvalue weighted by Crippen LogP contribution is 2.25. The van der Waals surface area contributed by atoms with E-state index in [1.54, 1.807) is 24.3 Å². The van der Waals surface area contributed by atoms with Gasteiger partial charge in [-0.1, -0.05) is 12.1 Å². The molecule has 0 aliphatic rings. The van der Waals surface area contributed by atoms with Gasteiger partial charge in [0, 0.05) is 24.0 Å². The Morgan fingerprint density at radius 2 is 1.89 bits per heavy atom. The number of nitrogens with zero attached hydrogens (tertiary/aromatic N) is 3. The van der Waals surface area contributed by atoms with Crippen LogP contribution in [0.5, 0.6) is 11.6 Å². The van der Waals surface area contributed by atoms with Gasteiger partial charge in [-0.2, -0.15) is 13.2 Å². The Hall–Kier alpha value is -3.42. The quantitative estimate of drug-likeness (QED) is 0.662. The third-order valence-electron chi connectivity index (χ3n) is 3.48. The first-order valence-electron chi connectivity index (χ1n) is 7.90. The number of carbonyl (C=O) groups is 1. The number of hydrogen-bond acceptors (Lipinski definition) is 4. The van der Waals surface area contributed by atoms with Crippen LogP contribution in [0.4, 0.5) is 18.9 Å². The maximum Gasteiger partial charge on any atom is 0.406 e. The van der Waals surface area contributed by atoms with Crippen LogP contribution in [0.25, 0.3) is 0 Å². The summed E-state index contributed by atoms with van der Waals surface area (Å²) >= 11 is 0. The summed E-state index contributed by atoms with van der Waals surface area (Å²) in [5, 5.41) is 0. The Kier molecular flexibility index (Phi) is 5.35. The number of halogens is 3. The molecule has 5 nitrogen and oxygen atoms in total. The summed E-state index contributed by atoms with van der Waals surface area (Å²) in [4.78, 5) is 21.2. The summed E-state index contributed by atoms with van der Waals surface area (Å²) < 4.78 is 44.5. The van der Waals surface area contributed by atoms with Crippen molar-refractivity contribution in [1.82, 2.24) is 9.97 Å². The number of pyridine rings is 2. The van der Waals surface area contributed by atoms with Crippen LogP contribution in [0, 0.1) is 0 Å². The molecule has 2 aromatic heterocycles. The molecule has 0 spiro atoms. The summed E-state index contributed by atoms with van der Waals surface area (Å²) in [7, 11) is 0. The third kappa shape index (κ3) is 5.04. The normalized spacial score (nSPS) is 11.1. The van der Waals surface area contributed by atoms with Crippen molar-refractivity contribution >= 4 is 11.6 Å². The van der Waals surface area contributed by atoms with Crippen LogP contribution in [0.2, 0.25) is 0 Å². The minimum atomic E-state index is -4.56. The Morgan fingerprint density at radius 3 is 2.56 bits per heavy atom. The molecule has 0 saturated carbocycles. The van der Waals surface area contributed by atoms with Crippen molar-refractivity contribution in [3.8, 4) is 11.6 Å². The fraction of sp³-hybridized carbons (Fsp3) is 0.105. The van der Waals surface area contributed by atoms with E-state index in [0.29, 0.717) is 10.8 Å². The molecule has 0 radical (unpaired) electrons. The summed E-state index contributed by atoms with van der Waals surface area (Å²) in [5.41, 5.74) is 0.104. The molecular formula is C19H14F3N3O2. The number of ether oxygens (including phenoxy) is 1. The SMILES string of the molecule is O=C(c1cccc(Oc2ccccn2)c1)N(CC(F)(F)F)c1cccnc1. The van der Waals surface area contributed by atoms with E-state index in [2.05, 4.69) is 9.97 Å². The van der Waals surface area contributed by atoms with Gasteiger partial charge in [0.1, 0.15) is 12.3 Å². The molecule has 3 aromatic rings. The topological polar surface area (TPSA) is 55.3 Å². The van der Waals surface area contributed by atoms with Gasteiger partial charge in [0.05, 0.1) is 11.9 Å². The summed E-state index contributed by atoms with van der Waals surface area (Å²) in [6.45, 7) is -1.43. The predicted molar refractivity (Wildman–Crippen MR) is 92.7 cm³/mol. The zero-order valence-electron chi connectivity index (χ0n) is 13.9. The predicted octanol–water partition coefficient (Wildman–Crippen LogP) is 4.48. The van der Waals surface area contributed by atoms with Crippen molar-refractivity contribution in [1.29, 1.82) is 0 Å². The minimum absolute atomic E-state index is 0.0517. The van der Waals surface area contributed by atoms with Crippen LogP contribution in [-0.2, 0) is 0 Å². The minimum Gasteiger partial charge on any atom is -0.439 e. The van der Waals surface area contributed by atoms with Gasteiger partial charge in [-0.3, -0.25) is 14.7 Å². The number of amides is 1. The van der Waals surface area contributed by atoms with Gasteiger partial charge >= 0.3 is 6.18 Å². The second kappa shape index (κ2) is 7.86. The van der Waals surface area contributed by atoms with E-state index < -0.39 is 18.6 Å². The smallest absolute Gasteiger partial charge is 0.406 e. The molecule has 0 fully saturated rings. The van der Waals surface area contributed by atoms with Crippen LogP contribution in [0.1, 0.15) is 10.4 Å². The lowest BCUT2D eigenvalue weighted by atomic mass is 10.1. The summed E-state index contributed by atoms with van der Waals surface area (Å²) in [6, 6.07) is 13.8. The first-order valence-corrected chi connectivity index (χ1v) is 7.90. The monoisotopic (exact) mass is 373 g/mol. The number of aromatic nitrogens is 2. The maximum absolute atomic E-state index is 13.0. The fourth-order valence-corrected chi connectivity index (χ4v) is 2.35. The first kappa shape index (κ1) is 18.4. The average molecular weight is 373 g/mol. The van der Waals surface area contributed by atoms with Gasteiger partial charge in [0.15, 0.2) is 0 Å². The van der Waals surface area contributed by atoms with Gasteiger partial charge in [-0.25, -0.2) is 4.98 Å². The molecule has 1 amide bonds. The summed E-state index contributed by atoms with van der Waals surface area (Å²) in [5.74, 6) is -0.217. The number of rotatable bonds is 5. The Labute approximate surface area is 153 Å². The molecule has 3 rings (SSSR count). The van der Waals surface area contributed by atoms with Gasteiger partial charge < -0.3 is 4.74 Å². The Bertz CT molecular complexity index is 903. The Morgan fingerprint density at radius 1 is 1.04 bits per heavy atom. The van der Waals surface area contributed by atoms with Gasteiger partial charge in [0.25, 0.3) is 5.91 Å². The maximum atomic E-state index is 13.0. The van der Waals surface area contributed by atoms with Crippen molar-refractivity contribution in [2.24, 2.45) is 0 Å². The van der Waals surface area contributed by atoms with E-state index in [1.165, 1.54) is 48.9 Å². The summed E-state index contributed by atoms with van der Waals surface area (Å²) in [6.07, 6.45) is -0.398. The van der Waals surface area contributed by atoms with Crippen LogP contribution < -0.4 is 9.64 Å². The molecule has 2 heterocycles. The molecule has 1 aromatic carbocycles. The number of carbonyl (C=O) groups excluding carboxylic acids is 1. The van der Waals surface area contributed by atoms with E-state index in [0.717, 1.165) is 0 Å². The van der Waals surface area contributed by atoms with Crippen molar-refractivity contribution in [3.63, 3.8) is 0 Å². The van der Waals surface area contributed by atoms with Crippen LogP contribution in [0.15, 0.2) is 73.2 Å². The lowest BCUT2D eigenvalue weighted by molar-refractivity contribution is -0.118. The molecule has 138 valence electrons. The lowest BCUT2D eigenvalue weighted by Gasteiger charge is -2.24. The highest BCUT2D eigenvalue weighted by Gasteiger charge is 2.34. The van der Waals surface area contributed by atoms with Crippen LogP contribution in [0.3, 0.4) is 0 Å². The number of hydrogen-bond donors (Lipinski definition) is 0. The second-order valence-electron chi connectivity index (χ2n) is 5.52. The molecule has 0 unspecified atom stereocenters. The van der Waals surface area contributed by atoms with Gasteiger partial charge in [-0.15, -0.1) is 0 Å². The third-order valence-corrected chi connectivity index (χ3v) is 3.48. The van der Waals surface area contributed by atoms with Crippen LogP contribution in [-0.4, -0.2) is 28.6 Å². The van der Waals surface area contributed by atoms with Crippen molar-refractivity contribution < 1.29 is 22.7 Å². The molecule has 0 aliphatic heterocycles. The van der Waals surface area contributed by atoms with E-state index in [4.69, 9.17) is 4.74 Å². The van der Waals surface area contributed by atoms with Gasteiger partial charge in [0.2, 0.25) is 5.88 Å². The van der Waals surface area contributed by atoms with Crippen molar-refractivity contribution in [2.75, 3.05) is 11.4 Å². The second-order valence-corrected chi connectivity index (χ2v) is 5.52. The standard InChI is InChI=1S/C19H14F3N3O2/c20-19(21,22)13-25(15-6-4-9-23-12-15)18(26)14-5-3-7-16(11-14)27-17-8-1-2-10-24-17/h1-12H,13H2. The van der Waals surface area contributed by atoms with Crippen molar-refractivity contribution in [2.45, 2.75) is 6.18 Å². The molecule has 0 bridgehead atoms. The van der Waals surface area contributed by atoms with E-state index in [1.807, 2.05) is 0 Å². The lowest BCUT2D eigenvalue weighted by Crippen LogP contribution is -2.39. The highest BCUT2D eigenvalue weighted by molar-refractivity contribution is 6.06. The molecular weight excluding hydrogens is 359 g/mol. The number of alkyl halides is 3. The fourth-order valence-electron chi connectivity index (χ4n) is 2.35. The van der Waals surface area contributed by atoms with E-state index >= 15 is 0 Å². The zero-order valence-corrected chi connectivity index (χ0v) is 13.9. The Balaban J connectivity index is 1.88. The molecule has 0 atom stereocenters. The number of benzene rings is 1. The van der Waals surface area contributed by atoms with Crippen molar-refractivity contribution in [3.05, 3.63) is 78.8 Å².